The lowest BCUT2D eigenvalue weighted by atomic mass is 10.0. The van der Waals surface area contributed by atoms with Gasteiger partial charge in [0, 0.05) is 13.0 Å². The predicted octanol–water partition coefficient (Wildman–Crippen LogP) is 0.607. The van der Waals surface area contributed by atoms with E-state index in [-0.39, 0.29) is 11.8 Å². The summed E-state index contributed by atoms with van der Waals surface area (Å²) < 4.78 is 0. The molecule has 1 aromatic rings. The maximum atomic E-state index is 11.9. The summed E-state index contributed by atoms with van der Waals surface area (Å²) >= 11 is 0. The number of aliphatic hydroxyl groups is 1. The van der Waals surface area contributed by atoms with Crippen LogP contribution in [0, 0.1) is 6.92 Å². The molecule has 2 heterocycles. The van der Waals surface area contributed by atoms with Gasteiger partial charge >= 0.3 is 0 Å². The van der Waals surface area contributed by atoms with Gasteiger partial charge in [0.05, 0.1) is 6.04 Å². The first kappa shape index (κ1) is 12.3. The Kier molecular flexibility index (Phi) is 2.88. The second-order valence-electron chi connectivity index (χ2n) is 5.22. The SMILES string of the molecule is Cc1ccc2c(c1)CN([C@@H]1CCC(=O)NC1=O)C2O. The van der Waals surface area contributed by atoms with E-state index in [0.717, 1.165) is 16.7 Å². The number of nitrogens with one attached hydrogen (secondary N) is 1. The van der Waals surface area contributed by atoms with Crippen LogP contribution in [0.3, 0.4) is 0 Å². The Bertz CT molecular complexity index is 556. The third-order valence-electron chi connectivity index (χ3n) is 3.85. The molecule has 2 amide bonds. The normalized spacial score (nSPS) is 27.3. The van der Waals surface area contributed by atoms with Gasteiger partial charge in [0.1, 0.15) is 6.23 Å². The Morgan fingerprint density at radius 3 is 2.89 bits per heavy atom. The zero-order valence-corrected chi connectivity index (χ0v) is 10.7. The number of amides is 2. The summed E-state index contributed by atoms with van der Waals surface area (Å²) in [7, 11) is 0. The van der Waals surface area contributed by atoms with Gasteiger partial charge in [0.15, 0.2) is 0 Å². The van der Waals surface area contributed by atoms with Gasteiger partial charge in [-0.05, 0) is 24.5 Å². The average Bonchev–Trinajstić information content (AvgIpc) is 2.66. The fraction of sp³-hybridized carbons (Fsp3) is 0.429. The molecule has 1 aromatic carbocycles. The number of hydrogen-bond acceptors (Lipinski definition) is 4. The molecular weight excluding hydrogens is 244 g/mol. The van der Waals surface area contributed by atoms with E-state index in [1.165, 1.54) is 0 Å². The van der Waals surface area contributed by atoms with Gasteiger partial charge in [0.25, 0.3) is 0 Å². The number of rotatable bonds is 1. The molecule has 0 saturated carbocycles. The van der Waals surface area contributed by atoms with Crippen LogP contribution in [0.1, 0.15) is 35.8 Å². The van der Waals surface area contributed by atoms with Crippen LogP contribution in [-0.2, 0) is 16.1 Å². The molecule has 2 atom stereocenters. The minimum absolute atomic E-state index is 0.233. The van der Waals surface area contributed by atoms with Crippen LogP contribution in [0.4, 0.5) is 0 Å². The molecular formula is C14H16N2O3. The van der Waals surface area contributed by atoms with Crippen LogP contribution in [0.15, 0.2) is 18.2 Å². The monoisotopic (exact) mass is 260 g/mol. The molecule has 1 saturated heterocycles. The number of piperidine rings is 1. The fourth-order valence-electron chi connectivity index (χ4n) is 2.86. The summed E-state index contributed by atoms with van der Waals surface area (Å²) in [6, 6.07) is 5.46. The molecule has 1 unspecified atom stereocenters. The fourth-order valence-corrected chi connectivity index (χ4v) is 2.86. The van der Waals surface area contributed by atoms with Crippen molar-refractivity contribution in [2.24, 2.45) is 0 Å². The summed E-state index contributed by atoms with van der Waals surface area (Å²) in [5.41, 5.74) is 3.04. The van der Waals surface area contributed by atoms with Crippen molar-refractivity contribution < 1.29 is 14.7 Å². The van der Waals surface area contributed by atoms with Gasteiger partial charge in [-0.15, -0.1) is 0 Å². The van der Waals surface area contributed by atoms with Crippen LogP contribution >= 0.6 is 0 Å². The van der Waals surface area contributed by atoms with Crippen LogP contribution in [0.25, 0.3) is 0 Å². The van der Waals surface area contributed by atoms with E-state index >= 15 is 0 Å². The number of fused-ring (bicyclic) bond motifs is 1. The van der Waals surface area contributed by atoms with E-state index in [4.69, 9.17) is 0 Å². The third kappa shape index (κ3) is 2.05. The van der Waals surface area contributed by atoms with Crippen LogP contribution in [-0.4, -0.2) is 27.9 Å². The van der Waals surface area contributed by atoms with Crippen molar-refractivity contribution in [2.45, 2.75) is 38.6 Å². The van der Waals surface area contributed by atoms with Crippen molar-refractivity contribution in [3.8, 4) is 0 Å². The first-order valence-electron chi connectivity index (χ1n) is 6.43. The van der Waals surface area contributed by atoms with E-state index in [0.29, 0.717) is 19.4 Å². The molecule has 2 N–H and O–H groups in total. The molecule has 0 bridgehead atoms. The first-order valence-corrected chi connectivity index (χ1v) is 6.43. The zero-order valence-electron chi connectivity index (χ0n) is 10.7. The number of carbonyl (C=O) groups is 2. The second-order valence-corrected chi connectivity index (χ2v) is 5.22. The van der Waals surface area contributed by atoms with E-state index < -0.39 is 12.3 Å². The van der Waals surface area contributed by atoms with E-state index in [2.05, 4.69) is 5.32 Å². The topological polar surface area (TPSA) is 69.6 Å². The number of carbonyl (C=O) groups excluding carboxylic acids is 2. The number of aliphatic hydroxyl groups excluding tert-OH is 1. The lowest BCUT2D eigenvalue weighted by Gasteiger charge is -2.31. The lowest BCUT2D eigenvalue weighted by Crippen LogP contribution is -2.51. The minimum Gasteiger partial charge on any atom is -0.374 e. The number of nitrogens with zero attached hydrogens (tertiary/aromatic N) is 1. The molecule has 100 valence electrons. The van der Waals surface area contributed by atoms with Gasteiger partial charge in [-0.25, -0.2) is 0 Å². The molecule has 0 aliphatic carbocycles. The van der Waals surface area contributed by atoms with E-state index in [9.17, 15) is 14.7 Å². The zero-order chi connectivity index (χ0) is 13.6. The first-order chi connectivity index (χ1) is 9.06. The summed E-state index contributed by atoms with van der Waals surface area (Å²) in [5, 5.41) is 12.7. The van der Waals surface area contributed by atoms with Gasteiger partial charge in [-0.3, -0.25) is 19.8 Å². The third-order valence-corrected chi connectivity index (χ3v) is 3.85. The number of benzene rings is 1. The Labute approximate surface area is 111 Å². The second kappa shape index (κ2) is 4.43. The highest BCUT2D eigenvalue weighted by Gasteiger charge is 2.39. The van der Waals surface area contributed by atoms with Crippen molar-refractivity contribution in [1.82, 2.24) is 10.2 Å². The highest BCUT2D eigenvalue weighted by Crippen LogP contribution is 2.35. The predicted molar refractivity (Wildman–Crippen MR) is 67.9 cm³/mol. The van der Waals surface area contributed by atoms with Crippen molar-refractivity contribution in [1.29, 1.82) is 0 Å². The summed E-state index contributed by atoms with van der Waals surface area (Å²) in [4.78, 5) is 24.8. The molecule has 5 nitrogen and oxygen atoms in total. The quantitative estimate of drug-likeness (QED) is 0.726. The molecule has 2 aliphatic rings. The van der Waals surface area contributed by atoms with Gasteiger partial charge in [-0.1, -0.05) is 23.8 Å². The highest BCUT2D eigenvalue weighted by molar-refractivity contribution is 6.00. The number of aryl methyl sites for hydroxylation is 1. The minimum atomic E-state index is -0.764. The summed E-state index contributed by atoms with van der Waals surface area (Å²) in [6.45, 7) is 2.55. The van der Waals surface area contributed by atoms with Crippen molar-refractivity contribution >= 4 is 11.8 Å². The lowest BCUT2D eigenvalue weighted by molar-refractivity contribution is -0.141. The Hall–Kier alpha value is -1.72. The Morgan fingerprint density at radius 1 is 1.37 bits per heavy atom. The summed E-state index contributed by atoms with van der Waals surface area (Å²) in [5.74, 6) is -0.539. The smallest absolute Gasteiger partial charge is 0.244 e. The molecule has 0 spiro atoms. The molecule has 5 heteroatoms. The molecule has 19 heavy (non-hydrogen) atoms. The highest BCUT2D eigenvalue weighted by atomic mass is 16.3. The summed E-state index contributed by atoms with van der Waals surface area (Å²) in [6.07, 6.45) is 0.0310. The maximum absolute atomic E-state index is 11.9. The molecule has 1 fully saturated rings. The van der Waals surface area contributed by atoms with Gasteiger partial charge in [0.2, 0.25) is 11.8 Å². The van der Waals surface area contributed by atoms with Crippen molar-refractivity contribution in [2.75, 3.05) is 0 Å². The number of hydrogen-bond donors (Lipinski definition) is 2. The Morgan fingerprint density at radius 2 is 2.16 bits per heavy atom. The van der Waals surface area contributed by atoms with Crippen LogP contribution in [0.2, 0.25) is 0 Å². The Balaban J connectivity index is 1.85. The molecule has 0 aromatic heterocycles. The molecule has 0 radical (unpaired) electrons. The van der Waals surface area contributed by atoms with Crippen LogP contribution in [0.5, 0.6) is 0 Å². The maximum Gasteiger partial charge on any atom is 0.244 e. The molecule has 2 aliphatic heterocycles. The number of imide groups is 1. The van der Waals surface area contributed by atoms with Gasteiger partial charge < -0.3 is 5.11 Å². The van der Waals surface area contributed by atoms with Crippen molar-refractivity contribution in [3.05, 3.63) is 34.9 Å². The van der Waals surface area contributed by atoms with Crippen LogP contribution < -0.4 is 5.32 Å². The average molecular weight is 260 g/mol. The van der Waals surface area contributed by atoms with E-state index in [1.54, 1.807) is 4.90 Å². The molecule has 3 rings (SSSR count). The largest absolute Gasteiger partial charge is 0.374 e. The van der Waals surface area contributed by atoms with Gasteiger partial charge in [-0.2, -0.15) is 0 Å². The standard InChI is InChI=1S/C14H16N2O3/c1-8-2-3-10-9(6-8)7-16(14(10)19)11-4-5-12(17)15-13(11)18/h2-3,6,11,14,19H,4-5,7H2,1H3,(H,15,17,18)/t11-,14?/m1/s1. The van der Waals surface area contributed by atoms with Crippen molar-refractivity contribution in [3.63, 3.8) is 0 Å². The van der Waals surface area contributed by atoms with E-state index in [1.807, 2.05) is 25.1 Å².